The van der Waals surface area contributed by atoms with Gasteiger partial charge in [0.1, 0.15) is 5.82 Å². The monoisotopic (exact) mass is 138 g/mol. The fraction of sp³-hybridized carbons (Fsp3) is 0. The normalized spacial score (nSPS) is 10.5. The zero-order valence-corrected chi connectivity index (χ0v) is 5.08. The van der Waals surface area contributed by atoms with E-state index in [2.05, 4.69) is 11.2 Å². The lowest BCUT2D eigenvalue weighted by Gasteiger charge is -1.90. The maximum absolute atomic E-state index is 12.5. The smallest absolute Gasteiger partial charge is 0.132 e. The number of nitrogens with zero attached hydrogens (tertiary/aromatic N) is 1. The molecule has 1 N–H and O–H groups in total. The van der Waals surface area contributed by atoms with Gasteiger partial charge in [0, 0.05) is 5.56 Å². The highest BCUT2D eigenvalue weighted by atomic mass is 19.1. The summed E-state index contributed by atoms with van der Waals surface area (Å²) in [5.41, 5.74) is 0.157. The molecule has 0 aliphatic heterocycles. The molecule has 1 aromatic carbocycles. The van der Waals surface area contributed by atoms with E-state index in [9.17, 15) is 4.39 Å². The van der Waals surface area contributed by atoms with Crippen molar-refractivity contribution < 1.29 is 9.60 Å². The molecule has 0 atom stereocenters. The van der Waals surface area contributed by atoms with Crippen LogP contribution in [0.2, 0.25) is 0 Å². The number of oxime groups is 1. The van der Waals surface area contributed by atoms with Crippen molar-refractivity contribution in [3.05, 3.63) is 35.6 Å². The first kappa shape index (κ1) is 6.74. The molecule has 0 amide bonds. The van der Waals surface area contributed by atoms with Crippen molar-refractivity contribution in [2.45, 2.75) is 0 Å². The summed E-state index contributed by atoms with van der Waals surface area (Å²) in [5.74, 6) is -0.444. The fourth-order valence-electron chi connectivity index (χ4n) is 0.586. The Bertz CT molecular complexity index is 247. The fourth-order valence-corrected chi connectivity index (χ4v) is 0.586. The van der Waals surface area contributed by atoms with Crippen LogP contribution in [-0.4, -0.2) is 11.4 Å². The Hall–Kier alpha value is -1.38. The van der Waals surface area contributed by atoms with E-state index in [0.717, 1.165) is 6.21 Å². The average Bonchev–Trinajstić information content (AvgIpc) is 1.94. The first-order valence-electron chi connectivity index (χ1n) is 2.68. The highest BCUT2D eigenvalue weighted by Crippen LogP contribution is 2.01. The van der Waals surface area contributed by atoms with Crippen molar-refractivity contribution in [3.63, 3.8) is 0 Å². The van der Waals surface area contributed by atoms with Crippen LogP contribution < -0.4 is 0 Å². The van der Waals surface area contributed by atoms with E-state index < -0.39 is 5.82 Å². The van der Waals surface area contributed by atoms with Crippen LogP contribution in [0.15, 0.2) is 23.4 Å². The summed E-state index contributed by atoms with van der Waals surface area (Å²) in [6.07, 6.45) is 0.995. The van der Waals surface area contributed by atoms with Crippen LogP contribution >= 0.6 is 0 Å². The second-order valence-electron chi connectivity index (χ2n) is 1.68. The van der Waals surface area contributed by atoms with Crippen molar-refractivity contribution >= 4 is 6.21 Å². The predicted molar refractivity (Wildman–Crippen MR) is 34.6 cm³/mol. The van der Waals surface area contributed by atoms with Gasteiger partial charge in [0.05, 0.1) is 6.21 Å². The van der Waals surface area contributed by atoms with Crippen LogP contribution in [0.25, 0.3) is 0 Å². The van der Waals surface area contributed by atoms with Crippen LogP contribution in [0.3, 0.4) is 0 Å². The van der Waals surface area contributed by atoms with E-state index in [1.807, 2.05) is 0 Å². The molecule has 0 unspecified atom stereocenters. The number of halogens is 1. The van der Waals surface area contributed by atoms with Crippen LogP contribution in [0, 0.1) is 11.9 Å². The minimum atomic E-state index is -0.444. The summed E-state index contributed by atoms with van der Waals surface area (Å²) >= 11 is 0. The van der Waals surface area contributed by atoms with Gasteiger partial charge < -0.3 is 5.21 Å². The molecule has 0 saturated carbocycles. The second-order valence-corrected chi connectivity index (χ2v) is 1.68. The van der Waals surface area contributed by atoms with Gasteiger partial charge in [-0.05, 0) is 12.1 Å². The van der Waals surface area contributed by atoms with E-state index in [1.54, 1.807) is 6.07 Å². The van der Waals surface area contributed by atoms with Gasteiger partial charge in [-0.25, -0.2) is 4.39 Å². The minimum Gasteiger partial charge on any atom is -0.411 e. The summed E-state index contributed by atoms with van der Waals surface area (Å²) in [4.78, 5) is 0. The molecule has 0 saturated heterocycles. The Labute approximate surface area is 57.6 Å². The van der Waals surface area contributed by atoms with E-state index in [4.69, 9.17) is 5.21 Å². The average molecular weight is 138 g/mol. The molecule has 1 radical (unpaired) electrons. The maximum Gasteiger partial charge on any atom is 0.132 e. The summed E-state index contributed by atoms with van der Waals surface area (Å²) in [6.45, 7) is 0. The van der Waals surface area contributed by atoms with Gasteiger partial charge in [0.25, 0.3) is 0 Å². The molecule has 0 aliphatic rings. The zero-order chi connectivity index (χ0) is 7.40. The van der Waals surface area contributed by atoms with Gasteiger partial charge in [-0.2, -0.15) is 0 Å². The second kappa shape index (κ2) is 2.96. The lowest BCUT2D eigenvalue weighted by Crippen LogP contribution is -1.86. The van der Waals surface area contributed by atoms with Crippen molar-refractivity contribution in [2.24, 2.45) is 5.16 Å². The Morgan fingerprint density at radius 3 is 3.10 bits per heavy atom. The van der Waals surface area contributed by atoms with Gasteiger partial charge in [0.2, 0.25) is 0 Å². The molecule has 0 heterocycles. The third-order valence-corrected chi connectivity index (χ3v) is 1.02. The SMILES string of the molecule is ON=Cc1[c]cccc1F. The predicted octanol–water partition coefficient (Wildman–Crippen LogP) is 1.43. The number of hydrogen-bond donors (Lipinski definition) is 1. The Morgan fingerprint density at radius 1 is 1.70 bits per heavy atom. The minimum absolute atomic E-state index is 0.157. The summed E-state index contributed by atoms with van der Waals surface area (Å²) in [6, 6.07) is 6.88. The van der Waals surface area contributed by atoms with Crippen LogP contribution in [0.5, 0.6) is 0 Å². The molecule has 2 nitrogen and oxygen atoms in total. The first-order valence-corrected chi connectivity index (χ1v) is 2.68. The van der Waals surface area contributed by atoms with E-state index in [1.165, 1.54) is 12.1 Å². The van der Waals surface area contributed by atoms with Gasteiger partial charge in [0.15, 0.2) is 0 Å². The summed E-state index contributed by atoms with van der Waals surface area (Å²) in [5, 5.41) is 10.7. The lowest BCUT2D eigenvalue weighted by molar-refractivity contribution is 0.321. The Kier molecular flexibility index (Phi) is 1.99. The van der Waals surface area contributed by atoms with Gasteiger partial charge >= 0.3 is 0 Å². The third kappa shape index (κ3) is 1.31. The van der Waals surface area contributed by atoms with Crippen molar-refractivity contribution in [1.82, 2.24) is 0 Å². The summed E-state index contributed by atoms with van der Waals surface area (Å²) in [7, 11) is 0. The first-order chi connectivity index (χ1) is 4.84. The van der Waals surface area contributed by atoms with Crippen molar-refractivity contribution in [1.29, 1.82) is 0 Å². The van der Waals surface area contributed by atoms with Crippen LogP contribution in [0.1, 0.15) is 5.56 Å². The topological polar surface area (TPSA) is 32.6 Å². The third-order valence-electron chi connectivity index (χ3n) is 1.02. The number of benzene rings is 1. The van der Waals surface area contributed by atoms with Crippen LogP contribution in [-0.2, 0) is 0 Å². The summed E-state index contributed by atoms with van der Waals surface area (Å²) < 4.78 is 12.5. The highest BCUT2D eigenvalue weighted by molar-refractivity contribution is 5.78. The molecule has 0 aliphatic carbocycles. The molecule has 1 aromatic rings. The molecule has 51 valence electrons. The van der Waals surface area contributed by atoms with E-state index in [-0.39, 0.29) is 5.56 Å². The van der Waals surface area contributed by atoms with Crippen molar-refractivity contribution in [2.75, 3.05) is 0 Å². The van der Waals surface area contributed by atoms with Gasteiger partial charge in [-0.3, -0.25) is 0 Å². The Morgan fingerprint density at radius 2 is 2.50 bits per heavy atom. The lowest BCUT2D eigenvalue weighted by atomic mass is 10.2. The molecule has 0 fully saturated rings. The molecule has 1 rings (SSSR count). The Balaban J connectivity index is 3.03. The molecule has 3 heteroatoms. The molecule has 0 aromatic heterocycles. The molecule has 0 bridgehead atoms. The van der Waals surface area contributed by atoms with Gasteiger partial charge in [-0.1, -0.05) is 17.3 Å². The van der Waals surface area contributed by atoms with E-state index >= 15 is 0 Å². The largest absolute Gasteiger partial charge is 0.411 e. The van der Waals surface area contributed by atoms with Crippen molar-refractivity contribution in [3.8, 4) is 0 Å². The maximum atomic E-state index is 12.5. The number of rotatable bonds is 1. The van der Waals surface area contributed by atoms with Crippen LogP contribution in [0.4, 0.5) is 4.39 Å². The number of hydrogen-bond acceptors (Lipinski definition) is 2. The standard InChI is InChI=1S/C7H5FNO/c8-7-4-2-1-3-6(7)5-9-10/h1-2,4-5,10H. The molecule has 0 spiro atoms. The molecular weight excluding hydrogens is 133 g/mol. The highest BCUT2D eigenvalue weighted by Gasteiger charge is 1.94. The zero-order valence-electron chi connectivity index (χ0n) is 5.08. The molecule has 10 heavy (non-hydrogen) atoms. The molecular formula is C7H5FNO. The van der Waals surface area contributed by atoms with E-state index in [0.29, 0.717) is 0 Å². The quantitative estimate of drug-likeness (QED) is 0.355. The van der Waals surface area contributed by atoms with Gasteiger partial charge in [-0.15, -0.1) is 0 Å².